The zero-order valence-electron chi connectivity index (χ0n) is 17.2. The highest BCUT2D eigenvalue weighted by Gasteiger charge is 2.16. The summed E-state index contributed by atoms with van der Waals surface area (Å²) in [5, 5.41) is 7.43. The van der Waals surface area contributed by atoms with E-state index in [1.807, 2.05) is 36.4 Å². The van der Waals surface area contributed by atoms with E-state index in [1.54, 1.807) is 43.3 Å². The van der Waals surface area contributed by atoms with Gasteiger partial charge < -0.3 is 10.1 Å². The molecule has 8 heteroatoms. The largest absolute Gasteiger partial charge is 0.489 e. The van der Waals surface area contributed by atoms with Gasteiger partial charge in [-0.25, -0.2) is 5.43 Å². The van der Waals surface area contributed by atoms with Crippen LogP contribution in [0.25, 0.3) is 0 Å². The Balaban J connectivity index is 1.51. The number of carbonyl (C=O) groups is 2. The molecule has 164 valence electrons. The number of halogens is 2. The van der Waals surface area contributed by atoms with Crippen molar-refractivity contribution in [2.75, 3.05) is 0 Å². The molecule has 0 fully saturated rings. The third kappa shape index (κ3) is 6.83. The summed E-state index contributed by atoms with van der Waals surface area (Å²) in [6, 6.07) is 21.5. The molecule has 0 spiro atoms. The summed E-state index contributed by atoms with van der Waals surface area (Å²) < 4.78 is 5.76. The standard InChI is InChI=1S/C24H21Cl2N3O3/c1-16(19-7-3-2-4-8-19)28-23(30)24(31)29-27-14-17-6-5-9-20(12-17)32-15-18-10-11-21(25)22(26)13-18/h2-14,16H,15H2,1H3,(H,28,30)(H,29,31)/b27-14-/t16-/m1/s1. The number of rotatable bonds is 7. The Morgan fingerprint density at radius 2 is 1.75 bits per heavy atom. The molecule has 3 aromatic rings. The molecule has 3 aromatic carbocycles. The summed E-state index contributed by atoms with van der Waals surface area (Å²) >= 11 is 11.9. The Hall–Kier alpha value is -3.35. The van der Waals surface area contributed by atoms with Gasteiger partial charge in [0.15, 0.2) is 0 Å². The van der Waals surface area contributed by atoms with E-state index in [9.17, 15) is 9.59 Å². The van der Waals surface area contributed by atoms with Crippen molar-refractivity contribution in [1.29, 1.82) is 0 Å². The van der Waals surface area contributed by atoms with Crippen molar-refractivity contribution in [1.82, 2.24) is 10.7 Å². The molecule has 3 rings (SSSR count). The van der Waals surface area contributed by atoms with Crippen molar-refractivity contribution in [3.63, 3.8) is 0 Å². The third-order valence-corrected chi connectivity index (χ3v) is 5.22. The first-order chi connectivity index (χ1) is 15.4. The molecule has 1 atom stereocenters. The first-order valence-electron chi connectivity index (χ1n) is 9.78. The van der Waals surface area contributed by atoms with Gasteiger partial charge >= 0.3 is 11.8 Å². The van der Waals surface area contributed by atoms with Crippen LogP contribution in [-0.4, -0.2) is 18.0 Å². The van der Waals surface area contributed by atoms with Gasteiger partial charge in [0, 0.05) is 0 Å². The molecule has 2 N–H and O–H groups in total. The summed E-state index contributed by atoms with van der Waals surface area (Å²) in [6.45, 7) is 2.11. The molecule has 2 amide bonds. The molecule has 32 heavy (non-hydrogen) atoms. The van der Waals surface area contributed by atoms with E-state index < -0.39 is 11.8 Å². The van der Waals surface area contributed by atoms with Crippen LogP contribution in [0.3, 0.4) is 0 Å². The first-order valence-corrected chi connectivity index (χ1v) is 10.5. The van der Waals surface area contributed by atoms with Crippen molar-refractivity contribution >= 4 is 41.2 Å². The summed E-state index contributed by atoms with van der Waals surface area (Å²) in [5.74, 6) is -1.01. The lowest BCUT2D eigenvalue weighted by Crippen LogP contribution is -2.39. The van der Waals surface area contributed by atoms with Crippen molar-refractivity contribution < 1.29 is 14.3 Å². The number of benzene rings is 3. The van der Waals surface area contributed by atoms with E-state index in [-0.39, 0.29) is 6.04 Å². The van der Waals surface area contributed by atoms with Crippen LogP contribution in [0.2, 0.25) is 10.0 Å². The number of nitrogens with one attached hydrogen (secondary N) is 2. The molecule has 0 saturated carbocycles. The van der Waals surface area contributed by atoms with Crippen LogP contribution in [-0.2, 0) is 16.2 Å². The predicted octanol–water partition coefficient (Wildman–Crippen LogP) is 4.90. The number of carbonyl (C=O) groups excluding carboxylic acids is 2. The van der Waals surface area contributed by atoms with E-state index in [4.69, 9.17) is 27.9 Å². The maximum atomic E-state index is 12.1. The molecule has 0 saturated heterocycles. The van der Waals surface area contributed by atoms with Gasteiger partial charge in [-0.2, -0.15) is 5.10 Å². The van der Waals surface area contributed by atoms with Crippen molar-refractivity contribution in [3.8, 4) is 5.75 Å². The minimum absolute atomic E-state index is 0.303. The topological polar surface area (TPSA) is 79.8 Å². The molecule has 0 aromatic heterocycles. The van der Waals surface area contributed by atoms with Gasteiger partial charge in [-0.15, -0.1) is 0 Å². The zero-order chi connectivity index (χ0) is 22.9. The molecular weight excluding hydrogens is 449 g/mol. The fourth-order valence-corrected chi connectivity index (χ4v) is 3.10. The van der Waals surface area contributed by atoms with Crippen molar-refractivity contribution in [2.24, 2.45) is 5.10 Å². The fourth-order valence-electron chi connectivity index (χ4n) is 2.78. The monoisotopic (exact) mass is 469 g/mol. The number of ether oxygens (including phenoxy) is 1. The highest BCUT2D eigenvalue weighted by molar-refractivity contribution is 6.42. The third-order valence-electron chi connectivity index (χ3n) is 4.48. The van der Waals surface area contributed by atoms with Crippen LogP contribution in [0.5, 0.6) is 5.75 Å². The van der Waals surface area contributed by atoms with Crippen molar-refractivity contribution in [3.05, 3.63) is 99.5 Å². The predicted molar refractivity (Wildman–Crippen MR) is 126 cm³/mol. The van der Waals surface area contributed by atoms with Gasteiger partial charge in [0.05, 0.1) is 22.3 Å². The van der Waals surface area contributed by atoms with Gasteiger partial charge in [0.1, 0.15) is 12.4 Å². The minimum atomic E-state index is -0.851. The summed E-state index contributed by atoms with van der Waals surface area (Å²) in [7, 11) is 0. The summed E-state index contributed by atoms with van der Waals surface area (Å²) in [6.07, 6.45) is 1.43. The van der Waals surface area contributed by atoms with Gasteiger partial charge in [0.2, 0.25) is 0 Å². The Morgan fingerprint density at radius 1 is 0.969 bits per heavy atom. The second-order valence-electron chi connectivity index (χ2n) is 6.91. The fraction of sp³-hybridized carbons (Fsp3) is 0.125. The van der Waals surface area contributed by atoms with Crippen LogP contribution < -0.4 is 15.5 Å². The van der Waals surface area contributed by atoms with Crippen LogP contribution >= 0.6 is 23.2 Å². The number of hydrazone groups is 1. The lowest BCUT2D eigenvalue weighted by Gasteiger charge is -2.13. The normalized spacial score (nSPS) is 11.7. The average Bonchev–Trinajstić information content (AvgIpc) is 2.80. The Kier molecular flexibility index (Phi) is 8.25. The van der Waals surface area contributed by atoms with Crippen molar-refractivity contribution in [2.45, 2.75) is 19.6 Å². The second-order valence-corrected chi connectivity index (χ2v) is 7.73. The highest BCUT2D eigenvalue weighted by Crippen LogP contribution is 2.23. The number of hydrogen-bond acceptors (Lipinski definition) is 4. The molecule has 0 radical (unpaired) electrons. The van der Waals surface area contributed by atoms with Gasteiger partial charge in [-0.3, -0.25) is 9.59 Å². The Labute approximate surface area is 196 Å². The number of amides is 2. The molecule has 0 aliphatic rings. The summed E-state index contributed by atoms with van der Waals surface area (Å²) in [4.78, 5) is 24.0. The maximum Gasteiger partial charge on any atom is 0.329 e. The molecule has 0 unspecified atom stereocenters. The van der Waals surface area contributed by atoms with E-state index in [1.165, 1.54) is 6.21 Å². The smallest absolute Gasteiger partial charge is 0.329 e. The number of hydrogen-bond donors (Lipinski definition) is 2. The lowest BCUT2D eigenvalue weighted by atomic mass is 10.1. The molecule has 0 aliphatic heterocycles. The van der Waals surface area contributed by atoms with Gasteiger partial charge in [0.25, 0.3) is 0 Å². The van der Waals surface area contributed by atoms with Crippen LogP contribution in [0.15, 0.2) is 77.9 Å². The molecule has 0 bridgehead atoms. The van der Waals surface area contributed by atoms with E-state index >= 15 is 0 Å². The van der Waals surface area contributed by atoms with E-state index in [2.05, 4.69) is 15.8 Å². The zero-order valence-corrected chi connectivity index (χ0v) is 18.7. The highest BCUT2D eigenvalue weighted by atomic mass is 35.5. The average molecular weight is 470 g/mol. The second kappa shape index (κ2) is 11.3. The van der Waals surface area contributed by atoms with Crippen LogP contribution in [0.4, 0.5) is 0 Å². The van der Waals surface area contributed by atoms with Gasteiger partial charge in [-0.05, 0) is 47.9 Å². The molecule has 0 aliphatic carbocycles. The Bertz CT molecular complexity index is 1120. The lowest BCUT2D eigenvalue weighted by molar-refractivity contribution is -0.139. The Morgan fingerprint density at radius 3 is 2.50 bits per heavy atom. The molecule has 0 heterocycles. The maximum absolute atomic E-state index is 12.1. The molecular formula is C24H21Cl2N3O3. The van der Waals surface area contributed by atoms with E-state index in [0.717, 1.165) is 11.1 Å². The number of nitrogens with zero attached hydrogens (tertiary/aromatic N) is 1. The first kappa shape index (κ1) is 23.3. The van der Waals surface area contributed by atoms with Crippen LogP contribution in [0.1, 0.15) is 29.7 Å². The summed E-state index contributed by atoms with van der Waals surface area (Å²) in [5.41, 5.74) is 4.69. The van der Waals surface area contributed by atoms with Gasteiger partial charge in [-0.1, -0.05) is 71.7 Å². The minimum Gasteiger partial charge on any atom is -0.489 e. The molecule has 6 nitrogen and oxygen atoms in total. The van der Waals surface area contributed by atoms with Crippen LogP contribution in [0, 0.1) is 0 Å². The quantitative estimate of drug-likeness (QED) is 0.293. The van der Waals surface area contributed by atoms with E-state index in [0.29, 0.717) is 28.0 Å². The SMILES string of the molecule is C[C@@H](NC(=O)C(=O)N/N=C\c1cccc(OCc2ccc(Cl)c(Cl)c2)c1)c1ccccc1.